The Morgan fingerprint density at radius 2 is 0.764 bits per heavy atom. The molecule has 0 spiro atoms. The largest absolute Gasteiger partial charge is 0.480 e. The number of likely N-dealkylation sites (tertiary alicyclic amines) is 1. The maximum Gasteiger partial charge on any atom is 0.320 e. The summed E-state index contributed by atoms with van der Waals surface area (Å²) in [5.41, 5.74) is 15.6. The van der Waals surface area contributed by atoms with Crippen molar-refractivity contribution in [1.82, 2.24) is 14.7 Å². The fraction of sp³-hybridized carbons (Fsp3) is 0.406. The molecular weight excluding hydrogens is 1690 g/mol. The van der Waals surface area contributed by atoms with Crippen molar-refractivity contribution in [3.63, 3.8) is 0 Å². The average Bonchev–Trinajstić information content (AvgIpc) is 1.77. The van der Waals surface area contributed by atoms with E-state index in [-0.39, 0.29) is 12.6 Å². The molecule has 7 N–H and O–H groups in total. The standard InChI is InChI=1S/C21H25N3O2S2.C20H26N2S2.C19H23N3O2S2.C18H23N3OS.C18H22N2OS/c22-16(19-4-2-11-27-19)13-15-5-6-17-20(14-15)28-12-10-24(17)9-8-23-7-1-3-18(23)21(25)26;1-2-3-4-5-10-22-11-13-24-20-15-16(8-9-18(20)22)14-17(21)19-7-6-12-23-19;1-21(13-19(23)24)6-7-22-8-10-26-18-12-14(4-5-16(18)22)11-15(20)17-3-2-9-25-17;1-20(2)7-8-21-9-11-23-18-13-14(5-6-16(18)21)12-15(19)17-4-3-10-22-17;1-2-3-8-20-9-11-22-18-13-14(6-7-16(18)20)12-15(19)17-5-4-10-21-17/h2,4-6,11,14,18,22H,1,3,7-10,12-13H2,(H,25,26);6-9,12,15,21H,2-5,10-11,13-14H2,1H3;2-5,9,12,20H,6-8,10-11,13H2,1H3,(H,23,24);3-6,10,13,19H,7-9,11-12H2,1-2H3;4-7,10,13,19H,2-3,8-9,11-12H2,1H3/t18-;;;;/m0..../s1. The molecule has 1 saturated heterocycles. The fourth-order valence-corrected chi connectivity index (χ4v) is 23.2. The van der Waals surface area contributed by atoms with E-state index in [1.165, 1.54) is 132 Å². The van der Waals surface area contributed by atoms with Crippen LogP contribution in [0.2, 0.25) is 0 Å². The molecule has 1 fully saturated rings. The third kappa shape index (κ3) is 28.1. The molecule has 11 heterocycles. The van der Waals surface area contributed by atoms with Crippen LogP contribution in [0.25, 0.3) is 0 Å². The van der Waals surface area contributed by atoms with Crippen molar-refractivity contribution in [3.05, 3.63) is 234 Å². The zero-order valence-corrected chi connectivity index (χ0v) is 78.1. The van der Waals surface area contributed by atoms with Crippen LogP contribution >= 0.6 is 92.8 Å². The van der Waals surface area contributed by atoms with Crippen molar-refractivity contribution in [2.24, 2.45) is 0 Å². The van der Waals surface area contributed by atoms with Crippen molar-refractivity contribution in [2.75, 3.05) is 173 Å². The van der Waals surface area contributed by atoms with E-state index in [4.69, 9.17) is 41.0 Å². The molecule has 27 heteroatoms. The van der Waals surface area contributed by atoms with Crippen LogP contribution in [0.5, 0.6) is 0 Å². The van der Waals surface area contributed by atoms with Crippen molar-refractivity contribution >= 4 is 162 Å². The highest BCUT2D eigenvalue weighted by molar-refractivity contribution is 8.00. The lowest BCUT2D eigenvalue weighted by Crippen LogP contribution is -2.42. The predicted octanol–water partition coefficient (Wildman–Crippen LogP) is 20.9. The first-order valence-electron chi connectivity index (χ1n) is 42.9. The smallest absolute Gasteiger partial charge is 0.320 e. The van der Waals surface area contributed by atoms with E-state index < -0.39 is 11.9 Å². The van der Waals surface area contributed by atoms with Gasteiger partial charge in [0.15, 0.2) is 0 Å². The van der Waals surface area contributed by atoms with E-state index >= 15 is 0 Å². The minimum Gasteiger partial charge on any atom is -0.480 e. The number of unbranched alkanes of at least 4 members (excludes halogenated alkanes) is 4. The van der Waals surface area contributed by atoms with Crippen LogP contribution in [0.3, 0.4) is 0 Å². The van der Waals surface area contributed by atoms with Gasteiger partial charge in [-0.25, -0.2) is 0 Å². The molecule has 6 aliphatic rings. The number of carboxylic acids is 2. The number of benzene rings is 5. The Bertz CT molecular complexity index is 5040. The van der Waals surface area contributed by atoms with Crippen LogP contribution in [-0.4, -0.2) is 220 Å². The van der Waals surface area contributed by atoms with Crippen LogP contribution in [0, 0.1) is 27.0 Å². The summed E-state index contributed by atoms with van der Waals surface area (Å²) in [5, 5.41) is 65.5. The van der Waals surface area contributed by atoms with Crippen LogP contribution in [0.15, 0.2) is 214 Å². The van der Waals surface area contributed by atoms with Crippen LogP contribution in [0.4, 0.5) is 28.4 Å². The number of hydrogen-bond acceptors (Lipinski definition) is 25. The summed E-state index contributed by atoms with van der Waals surface area (Å²) >= 11 is 14.4. The molecule has 5 aromatic carbocycles. The number of nitrogens with one attached hydrogen (secondary N) is 5. The molecule has 1 atom stereocenters. The van der Waals surface area contributed by atoms with Gasteiger partial charge in [0.25, 0.3) is 0 Å². The Balaban J connectivity index is 0.000000141. The van der Waals surface area contributed by atoms with Crippen molar-refractivity contribution in [3.8, 4) is 0 Å². The highest BCUT2D eigenvalue weighted by Crippen LogP contribution is 2.41. The van der Waals surface area contributed by atoms with Gasteiger partial charge in [0, 0.05) is 185 Å². The number of thiophene rings is 3. The van der Waals surface area contributed by atoms with E-state index in [0.29, 0.717) is 60.1 Å². The van der Waals surface area contributed by atoms with E-state index in [1.54, 1.807) is 46.5 Å². The van der Waals surface area contributed by atoms with Gasteiger partial charge in [-0.05, 0) is 200 Å². The van der Waals surface area contributed by atoms with Crippen LogP contribution in [0.1, 0.15) is 119 Å². The SMILES string of the molecule is CCCCCCN1CCSc2cc(CC(=N)c3cccs3)ccc21.CCCCN1CCSc2cc(CC(=N)c3ccco3)ccc21.CN(C)CCN1CCSc2cc(CC(=N)c3ccco3)ccc21.CN(CCN1CCSc2cc(CC(=N)c3cccs3)ccc21)CC(=O)O.N=C(Cc1ccc2c(c1)SCCN2CCN1CCC[C@H]1C(=O)O)c1cccs1. The summed E-state index contributed by atoms with van der Waals surface area (Å²) in [6.45, 7) is 18.5. The van der Waals surface area contributed by atoms with Gasteiger partial charge in [0.05, 0.1) is 76.1 Å². The first-order chi connectivity index (χ1) is 59.8. The Hall–Kier alpha value is -8.32. The fourth-order valence-electron chi connectivity index (χ4n) is 15.6. The topological polar surface area (TPSA) is 246 Å². The van der Waals surface area contributed by atoms with Gasteiger partial charge < -0.3 is 75.5 Å². The molecule has 16 rings (SSSR count). The van der Waals surface area contributed by atoms with Gasteiger partial charge in [-0.3, -0.25) is 19.4 Å². The molecule has 6 aliphatic heterocycles. The third-order valence-corrected chi connectivity index (χ3v) is 30.2. The molecule has 0 bridgehead atoms. The number of thioether (sulfide) groups is 5. The Kier molecular flexibility index (Phi) is 36.9. The second-order valence-corrected chi connectivity index (χ2v) is 40.3. The summed E-state index contributed by atoms with van der Waals surface area (Å²) < 4.78 is 10.6. The van der Waals surface area contributed by atoms with Crippen molar-refractivity contribution in [2.45, 2.75) is 128 Å². The van der Waals surface area contributed by atoms with Gasteiger partial charge >= 0.3 is 11.9 Å². The number of likely N-dealkylation sites (N-methyl/N-ethyl adjacent to an activating group) is 2. The maximum atomic E-state index is 11.4. The molecule has 0 amide bonds. The summed E-state index contributed by atoms with van der Waals surface area (Å²) in [4.78, 5) is 50.4. The molecular formula is C96H119N13O6S8. The summed E-state index contributed by atoms with van der Waals surface area (Å²) in [6.07, 6.45) is 16.0. The highest BCUT2D eigenvalue weighted by Gasteiger charge is 2.32. The second-order valence-electron chi connectivity index (χ2n) is 31.7. The first kappa shape index (κ1) is 93.8. The van der Waals surface area contributed by atoms with Crippen molar-refractivity contribution < 1.29 is 28.6 Å². The maximum absolute atomic E-state index is 11.4. The molecule has 652 valence electrons. The number of anilines is 5. The minimum absolute atomic E-state index is 0.0687. The van der Waals surface area contributed by atoms with Gasteiger partial charge in [-0.15, -0.1) is 92.8 Å². The molecule has 19 nitrogen and oxygen atoms in total. The zero-order chi connectivity index (χ0) is 86.4. The minimum atomic E-state index is -0.792. The summed E-state index contributed by atoms with van der Waals surface area (Å²) in [5.74, 6) is 5.35. The van der Waals surface area contributed by atoms with Gasteiger partial charge in [0.2, 0.25) is 0 Å². The molecule has 0 radical (unpaired) electrons. The number of furan rings is 2. The molecule has 10 aromatic rings. The predicted molar refractivity (Wildman–Crippen MR) is 525 cm³/mol. The van der Waals surface area contributed by atoms with Gasteiger partial charge in [-0.1, -0.05) is 88.1 Å². The van der Waals surface area contributed by atoms with E-state index in [9.17, 15) is 14.7 Å². The monoisotopic (exact) mass is 1810 g/mol. The zero-order valence-electron chi connectivity index (χ0n) is 71.6. The Labute approximate surface area is 760 Å². The summed E-state index contributed by atoms with van der Waals surface area (Å²) in [7, 11) is 6.07. The molecule has 5 aromatic heterocycles. The molecule has 0 saturated carbocycles. The van der Waals surface area contributed by atoms with Gasteiger partial charge in [0.1, 0.15) is 17.6 Å². The quantitative estimate of drug-likeness (QED) is 0.0144. The normalized spacial score (nSPS) is 15.2. The lowest BCUT2D eigenvalue weighted by atomic mass is 10.1. The number of rotatable bonds is 35. The number of aliphatic carboxylic acids is 2. The number of hydrogen-bond donors (Lipinski definition) is 7. The second kappa shape index (κ2) is 48.4. The summed E-state index contributed by atoms with van der Waals surface area (Å²) in [6, 6.07) is 52.1. The third-order valence-electron chi connectivity index (χ3n) is 22.3. The lowest BCUT2D eigenvalue weighted by Gasteiger charge is -2.33. The number of fused-ring (bicyclic) bond motifs is 5. The molecule has 0 aliphatic carbocycles. The number of carbonyl (C=O) groups is 2. The highest BCUT2D eigenvalue weighted by atomic mass is 32.2. The van der Waals surface area contributed by atoms with Gasteiger partial charge in [-0.2, -0.15) is 0 Å². The van der Waals surface area contributed by atoms with Crippen LogP contribution in [-0.2, 0) is 41.7 Å². The Morgan fingerprint density at radius 1 is 0.407 bits per heavy atom. The van der Waals surface area contributed by atoms with Crippen molar-refractivity contribution in [1.29, 1.82) is 27.0 Å². The molecule has 123 heavy (non-hydrogen) atoms. The van der Waals surface area contributed by atoms with E-state index in [0.717, 1.165) is 148 Å². The molecule has 0 unspecified atom stereocenters. The lowest BCUT2D eigenvalue weighted by molar-refractivity contribution is -0.142. The Morgan fingerprint density at radius 3 is 1.10 bits per heavy atom. The van der Waals surface area contributed by atoms with Crippen LogP contribution < -0.4 is 24.5 Å². The average molecular weight is 1810 g/mol. The first-order valence-corrected chi connectivity index (χ1v) is 50.5. The number of carboxylic acid groups (broad SMARTS) is 2. The van der Waals surface area contributed by atoms with E-state index in [2.05, 4.69) is 153 Å². The van der Waals surface area contributed by atoms with E-state index in [1.807, 2.05) is 148 Å². The number of nitrogens with zero attached hydrogens (tertiary/aromatic N) is 8.